The molecule has 122 valence electrons. The number of carbonyl (C=O) groups excluding carboxylic acids is 1. The number of aryl methyl sites for hydroxylation is 1. The molecule has 0 radical (unpaired) electrons. The van der Waals surface area contributed by atoms with Gasteiger partial charge in [-0.2, -0.15) is 0 Å². The quantitative estimate of drug-likeness (QED) is 0.711. The van der Waals surface area contributed by atoms with E-state index in [4.69, 9.17) is 4.74 Å². The predicted octanol–water partition coefficient (Wildman–Crippen LogP) is 2.23. The molecule has 0 fully saturated rings. The van der Waals surface area contributed by atoms with E-state index in [-0.39, 0.29) is 18.1 Å². The topological polar surface area (TPSA) is 58.7 Å². The SMILES string of the molecule is COC(=O)[C@@H]1Cc2c([nH]c3ccccc23)[C@H](c2ccc(C)cc2)[NH2+]1. The average molecular weight is 321 g/mol. The number of aromatic nitrogens is 1. The molecule has 3 N–H and O–H groups in total. The van der Waals surface area contributed by atoms with Crippen LogP contribution in [0, 0.1) is 6.92 Å². The zero-order valence-electron chi connectivity index (χ0n) is 13.9. The van der Waals surface area contributed by atoms with E-state index in [1.807, 2.05) is 12.1 Å². The fourth-order valence-electron chi connectivity index (χ4n) is 3.69. The van der Waals surface area contributed by atoms with Crippen molar-refractivity contribution in [2.75, 3.05) is 7.11 Å². The third-order valence-corrected chi connectivity index (χ3v) is 4.95. The van der Waals surface area contributed by atoms with Crippen molar-refractivity contribution in [2.45, 2.75) is 25.4 Å². The minimum Gasteiger partial charge on any atom is -0.465 e. The van der Waals surface area contributed by atoms with Gasteiger partial charge in [0.15, 0.2) is 12.1 Å². The first-order valence-corrected chi connectivity index (χ1v) is 8.26. The first kappa shape index (κ1) is 15.0. The van der Waals surface area contributed by atoms with Gasteiger partial charge in [0.25, 0.3) is 0 Å². The Morgan fingerprint density at radius 3 is 2.67 bits per heavy atom. The maximum Gasteiger partial charge on any atom is 0.364 e. The second kappa shape index (κ2) is 5.80. The van der Waals surface area contributed by atoms with Gasteiger partial charge in [0.1, 0.15) is 0 Å². The number of rotatable bonds is 2. The number of esters is 1. The van der Waals surface area contributed by atoms with E-state index in [2.05, 4.69) is 53.6 Å². The van der Waals surface area contributed by atoms with Gasteiger partial charge in [-0.25, -0.2) is 4.79 Å². The van der Waals surface area contributed by atoms with Crippen LogP contribution in [0.3, 0.4) is 0 Å². The van der Waals surface area contributed by atoms with Crippen LogP contribution in [0.25, 0.3) is 10.9 Å². The summed E-state index contributed by atoms with van der Waals surface area (Å²) in [6.07, 6.45) is 0.689. The van der Waals surface area contributed by atoms with E-state index in [1.165, 1.54) is 34.9 Å². The lowest BCUT2D eigenvalue weighted by Gasteiger charge is -2.27. The molecule has 4 rings (SSSR count). The van der Waals surface area contributed by atoms with Gasteiger partial charge in [-0.3, -0.25) is 0 Å². The number of H-pyrrole nitrogens is 1. The minimum atomic E-state index is -0.215. The molecule has 0 aliphatic carbocycles. The van der Waals surface area contributed by atoms with Crippen molar-refractivity contribution < 1.29 is 14.8 Å². The number of nitrogens with one attached hydrogen (secondary N) is 1. The van der Waals surface area contributed by atoms with Crippen LogP contribution in [0.2, 0.25) is 0 Å². The largest absolute Gasteiger partial charge is 0.465 e. The van der Waals surface area contributed by atoms with Gasteiger partial charge >= 0.3 is 5.97 Å². The van der Waals surface area contributed by atoms with Crippen LogP contribution in [-0.2, 0) is 16.0 Å². The van der Waals surface area contributed by atoms with Gasteiger partial charge in [-0.1, -0.05) is 48.0 Å². The van der Waals surface area contributed by atoms with Gasteiger partial charge in [-0.05, 0) is 18.6 Å². The highest BCUT2D eigenvalue weighted by Gasteiger charge is 2.38. The first-order valence-electron chi connectivity index (χ1n) is 8.26. The van der Waals surface area contributed by atoms with Gasteiger partial charge < -0.3 is 15.0 Å². The van der Waals surface area contributed by atoms with E-state index < -0.39 is 0 Å². The van der Waals surface area contributed by atoms with Gasteiger partial charge in [-0.15, -0.1) is 0 Å². The lowest BCUT2D eigenvalue weighted by molar-refractivity contribution is -0.712. The molecule has 3 aromatic rings. The van der Waals surface area contributed by atoms with E-state index >= 15 is 0 Å². The van der Waals surface area contributed by atoms with Gasteiger partial charge in [0.05, 0.1) is 12.8 Å². The number of methoxy groups -OCH3 is 1. The molecule has 4 heteroatoms. The summed E-state index contributed by atoms with van der Waals surface area (Å²) >= 11 is 0. The van der Waals surface area contributed by atoms with Crippen LogP contribution in [-0.4, -0.2) is 24.1 Å². The molecular formula is C20H21N2O2+. The van der Waals surface area contributed by atoms with Crippen LogP contribution in [0.4, 0.5) is 0 Å². The third kappa shape index (κ3) is 2.39. The second-order valence-corrected chi connectivity index (χ2v) is 6.48. The standard InChI is InChI=1S/C20H20N2O2/c1-12-7-9-13(10-8-12)18-19-15(11-17(22-18)20(23)24-2)14-5-3-4-6-16(14)21-19/h3-10,17-18,21-22H,11H2,1-2H3/p+1/t17-,18-/m0/s1. The van der Waals surface area contributed by atoms with Crippen molar-refractivity contribution in [3.8, 4) is 0 Å². The number of hydrogen-bond donors (Lipinski definition) is 2. The zero-order valence-corrected chi connectivity index (χ0v) is 13.9. The molecule has 4 nitrogen and oxygen atoms in total. The van der Waals surface area contributed by atoms with Crippen molar-refractivity contribution in [2.24, 2.45) is 0 Å². The maximum absolute atomic E-state index is 12.2. The Morgan fingerprint density at radius 2 is 1.92 bits per heavy atom. The Hall–Kier alpha value is -2.59. The molecule has 0 amide bonds. The number of hydrogen-bond acceptors (Lipinski definition) is 2. The summed E-state index contributed by atoms with van der Waals surface area (Å²) in [5, 5.41) is 3.32. The lowest BCUT2D eigenvalue weighted by atomic mass is 9.90. The molecule has 1 aromatic heterocycles. The van der Waals surface area contributed by atoms with Crippen molar-refractivity contribution in [3.63, 3.8) is 0 Å². The summed E-state index contributed by atoms with van der Waals surface area (Å²) in [6.45, 7) is 2.08. The summed E-state index contributed by atoms with van der Waals surface area (Å²) in [5.74, 6) is -0.164. The number of nitrogens with two attached hydrogens (primary N) is 1. The molecule has 2 atom stereocenters. The molecule has 2 aromatic carbocycles. The number of fused-ring (bicyclic) bond motifs is 3. The normalized spacial score (nSPS) is 19.9. The van der Waals surface area contributed by atoms with Gasteiger partial charge in [0.2, 0.25) is 0 Å². The first-order chi connectivity index (χ1) is 11.7. The van der Waals surface area contributed by atoms with Crippen molar-refractivity contribution in [1.29, 1.82) is 0 Å². The molecule has 1 aliphatic rings. The Morgan fingerprint density at radius 1 is 1.17 bits per heavy atom. The van der Waals surface area contributed by atoms with Gasteiger partial charge in [0, 0.05) is 22.9 Å². The van der Waals surface area contributed by atoms with Crippen LogP contribution in [0.15, 0.2) is 48.5 Å². The monoisotopic (exact) mass is 321 g/mol. The fourth-order valence-corrected chi connectivity index (χ4v) is 3.69. The van der Waals surface area contributed by atoms with Crippen molar-refractivity contribution in [3.05, 3.63) is 70.9 Å². The molecule has 0 unspecified atom stereocenters. The van der Waals surface area contributed by atoms with Crippen LogP contribution >= 0.6 is 0 Å². The summed E-state index contributed by atoms with van der Waals surface area (Å²) in [7, 11) is 1.46. The Balaban J connectivity index is 1.86. The molecule has 0 spiro atoms. The third-order valence-electron chi connectivity index (χ3n) is 4.95. The maximum atomic E-state index is 12.2. The molecule has 0 bridgehead atoms. The summed E-state index contributed by atoms with van der Waals surface area (Å²) in [5.41, 5.74) is 5.98. The molecule has 0 saturated heterocycles. The molecule has 0 saturated carbocycles. The number of aromatic amines is 1. The van der Waals surface area contributed by atoms with E-state index in [9.17, 15) is 4.79 Å². The average Bonchev–Trinajstić information content (AvgIpc) is 2.99. The van der Waals surface area contributed by atoms with Crippen molar-refractivity contribution in [1.82, 2.24) is 4.98 Å². The van der Waals surface area contributed by atoms with Crippen LogP contribution in [0.5, 0.6) is 0 Å². The summed E-state index contributed by atoms with van der Waals surface area (Å²) in [6, 6.07) is 16.7. The Labute approximate surface area is 140 Å². The molecule has 24 heavy (non-hydrogen) atoms. The second-order valence-electron chi connectivity index (χ2n) is 6.48. The smallest absolute Gasteiger partial charge is 0.364 e. The number of para-hydroxylation sites is 1. The summed E-state index contributed by atoms with van der Waals surface area (Å²) < 4.78 is 5.02. The summed E-state index contributed by atoms with van der Waals surface area (Å²) in [4.78, 5) is 15.8. The highest BCUT2D eigenvalue weighted by Crippen LogP contribution is 2.32. The lowest BCUT2D eigenvalue weighted by Crippen LogP contribution is -2.94. The minimum absolute atomic E-state index is 0.0749. The zero-order chi connectivity index (χ0) is 16.7. The van der Waals surface area contributed by atoms with Crippen LogP contribution < -0.4 is 5.32 Å². The molecular weight excluding hydrogens is 300 g/mol. The van der Waals surface area contributed by atoms with E-state index in [0.29, 0.717) is 6.42 Å². The Bertz CT molecular complexity index is 896. The van der Waals surface area contributed by atoms with Crippen LogP contribution in [0.1, 0.15) is 28.4 Å². The Kier molecular flexibility index (Phi) is 3.62. The number of carbonyl (C=O) groups is 1. The highest BCUT2D eigenvalue weighted by atomic mass is 16.5. The molecule has 2 heterocycles. The number of ether oxygens (including phenoxy) is 1. The number of benzene rings is 2. The predicted molar refractivity (Wildman–Crippen MR) is 92.8 cm³/mol. The van der Waals surface area contributed by atoms with E-state index in [0.717, 1.165) is 5.52 Å². The van der Waals surface area contributed by atoms with Crippen molar-refractivity contribution >= 4 is 16.9 Å². The van der Waals surface area contributed by atoms with E-state index in [1.54, 1.807) is 0 Å². The highest BCUT2D eigenvalue weighted by molar-refractivity contribution is 5.86. The molecule has 1 aliphatic heterocycles. The number of quaternary nitrogens is 1. The fraction of sp³-hybridized carbons (Fsp3) is 0.250.